The fraction of sp³-hybridized carbons (Fsp3) is 0.0625. The summed E-state index contributed by atoms with van der Waals surface area (Å²) in [7, 11) is 0. The zero-order chi connectivity index (χ0) is 11.9. The largest absolute Gasteiger partial charge is 0.124 e. The molecule has 0 aliphatic heterocycles. The van der Waals surface area contributed by atoms with Gasteiger partial charge in [-0.05, 0) is 41.8 Å². The normalized spacial score (nSPS) is 9.47. The maximum atomic E-state index is 5.82. The van der Waals surface area contributed by atoms with Gasteiger partial charge in [-0.1, -0.05) is 54.1 Å². The van der Waals surface area contributed by atoms with Crippen LogP contribution in [0, 0.1) is 0 Å². The lowest BCUT2D eigenvalue weighted by Gasteiger charge is -1.94. The van der Waals surface area contributed by atoms with Crippen LogP contribution in [0.25, 0.3) is 6.08 Å². The van der Waals surface area contributed by atoms with Crippen LogP contribution in [0.1, 0.15) is 11.1 Å². The highest BCUT2D eigenvalue weighted by Crippen LogP contribution is 2.10. The highest BCUT2D eigenvalue weighted by atomic mass is 35.5. The van der Waals surface area contributed by atoms with E-state index in [9.17, 15) is 0 Å². The number of rotatable bonds is 3. The third kappa shape index (κ3) is 3.96. The average molecular weight is 241 g/mol. The van der Waals surface area contributed by atoms with E-state index in [2.05, 4.69) is 17.9 Å². The Morgan fingerprint density at radius 1 is 0.941 bits per heavy atom. The summed E-state index contributed by atoms with van der Waals surface area (Å²) in [4.78, 5) is 0. The molecule has 0 N–H and O–H groups in total. The van der Waals surface area contributed by atoms with Crippen LogP contribution >= 0.6 is 11.6 Å². The first-order valence-corrected chi connectivity index (χ1v) is 5.93. The van der Waals surface area contributed by atoms with Crippen LogP contribution in [0.3, 0.4) is 0 Å². The van der Waals surface area contributed by atoms with Gasteiger partial charge in [0, 0.05) is 5.02 Å². The number of benzene rings is 2. The molecular formula is C16H13Cl. The van der Waals surface area contributed by atoms with Crippen molar-refractivity contribution in [3.63, 3.8) is 0 Å². The van der Waals surface area contributed by atoms with Gasteiger partial charge in [-0.25, -0.2) is 0 Å². The van der Waals surface area contributed by atoms with E-state index >= 15 is 0 Å². The summed E-state index contributed by atoms with van der Waals surface area (Å²) in [5.74, 6) is 0. The molecule has 0 saturated carbocycles. The monoisotopic (exact) mass is 240 g/mol. The van der Waals surface area contributed by atoms with E-state index in [0.717, 1.165) is 11.4 Å². The smallest absolute Gasteiger partial charge is 0.0406 e. The molecule has 0 nitrogen and oxygen atoms in total. The molecule has 0 aromatic heterocycles. The zero-order valence-corrected chi connectivity index (χ0v) is 10.2. The van der Waals surface area contributed by atoms with E-state index in [1.165, 1.54) is 11.1 Å². The molecule has 2 aromatic rings. The molecule has 0 aliphatic carbocycles. The summed E-state index contributed by atoms with van der Waals surface area (Å²) < 4.78 is 0. The van der Waals surface area contributed by atoms with Crippen molar-refractivity contribution in [2.24, 2.45) is 0 Å². The van der Waals surface area contributed by atoms with Gasteiger partial charge in [0.15, 0.2) is 0 Å². The Morgan fingerprint density at radius 2 is 1.65 bits per heavy atom. The van der Waals surface area contributed by atoms with Crippen LogP contribution in [-0.2, 0) is 6.42 Å². The standard InChI is InChI=1S/C16H13Cl/c17-16-12-10-15(11-13-16)9-5-4-8-14-6-2-1-3-7-14/h1-3,5-8,10-13H,9H2. The van der Waals surface area contributed by atoms with Crippen molar-refractivity contribution in [2.45, 2.75) is 6.42 Å². The summed E-state index contributed by atoms with van der Waals surface area (Å²) in [5.41, 5.74) is 5.59. The van der Waals surface area contributed by atoms with E-state index < -0.39 is 0 Å². The second kappa shape index (κ2) is 6.10. The van der Waals surface area contributed by atoms with Crippen molar-refractivity contribution in [3.8, 4) is 0 Å². The Morgan fingerprint density at radius 3 is 2.35 bits per heavy atom. The predicted molar refractivity (Wildman–Crippen MR) is 74.1 cm³/mol. The minimum absolute atomic E-state index is 0.776. The first-order chi connectivity index (χ1) is 8.34. The summed E-state index contributed by atoms with van der Waals surface area (Å²) in [6.07, 6.45) is 4.88. The molecule has 0 fully saturated rings. The molecule has 0 aliphatic rings. The van der Waals surface area contributed by atoms with Gasteiger partial charge in [-0.15, -0.1) is 5.73 Å². The van der Waals surface area contributed by atoms with E-state index in [1.54, 1.807) is 0 Å². The van der Waals surface area contributed by atoms with Crippen molar-refractivity contribution < 1.29 is 0 Å². The Labute approximate surface area is 107 Å². The average Bonchev–Trinajstić information content (AvgIpc) is 2.38. The molecule has 0 heterocycles. The molecule has 2 aromatic carbocycles. The molecule has 0 atom stereocenters. The number of hydrogen-bond donors (Lipinski definition) is 0. The lowest BCUT2D eigenvalue weighted by Crippen LogP contribution is -1.78. The molecule has 0 amide bonds. The summed E-state index contributed by atoms with van der Waals surface area (Å²) in [5, 5.41) is 0.776. The fourth-order valence-corrected chi connectivity index (χ4v) is 1.63. The summed E-state index contributed by atoms with van der Waals surface area (Å²) in [6, 6.07) is 18.0. The van der Waals surface area contributed by atoms with Gasteiger partial charge in [0.2, 0.25) is 0 Å². The topological polar surface area (TPSA) is 0 Å². The third-order valence-corrected chi connectivity index (χ3v) is 2.67. The van der Waals surface area contributed by atoms with Crippen molar-refractivity contribution in [1.82, 2.24) is 0 Å². The predicted octanol–water partition coefficient (Wildman–Crippen LogP) is 4.75. The number of halogens is 1. The third-order valence-electron chi connectivity index (χ3n) is 2.42. The molecule has 0 bridgehead atoms. The first kappa shape index (κ1) is 11.7. The van der Waals surface area contributed by atoms with Crippen molar-refractivity contribution in [1.29, 1.82) is 0 Å². The lowest BCUT2D eigenvalue weighted by molar-refractivity contribution is 1.28. The lowest BCUT2D eigenvalue weighted by atomic mass is 10.1. The Bertz CT molecular complexity index is 517. The van der Waals surface area contributed by atoms with Crippen LogP contribution in [0.5, 0.6) is 0 Å². The van der Waals surface area contributed by atoms with Gasteiger partial charge in [0.25, 0.3) is 0 Å². The van der Waals surface area contributed by atoms with Crippen LogP contribution in [-0.4, -0.2) is 0 Å². The van der Waals surface area contributed by atoms with Crippen LogP contribution in [0.4, 0.5) is 0 Å². The highest BCUT2D eigenvalue weighted by molar-refractivity contribution is 6.30. The minimum Gasteiger partial charge on any atom is -0.124 e. The molecule has 0 unspecified atom stereocenters. The summed E-state index contributed by atoms with van der Waals surface area (Å²) in [6.45, 7) is 0. The quantitative estimate of drug-likeness (QED) is 0.679. The molecule has 2 rings (SSSR count). The van der Waals surface area contributed by atoms with Gasteiger partial charge < -0.3 is 0 Å². The van der Waals surface area contributed by atoms with E-state index in [4.69, 9.17) is 11.6 Å². The van der Waals surface area contributed by atoms with Gasteiger partial charge in [0.1, 0.15) is 0 Å². The molecule has 0 spiro atoms. The Kier molecular flexibility index (Phi) is 4.21. The van der Waals surface area contributed by atoms with Crippen LogP contribution in [0.2, 0.25) is 5.02 Å². The zero-order valence-electron chi connectivity index (χ0n) is 9.44. The van der Waals surface area contributed by atoms with Gasteiger partial charge >= 0.3 is 0 Å². The van der Waals surface area contributed by atoms with E-state index in [1.807, 2.05) is 54.6 Å². The van der Waals surface area contributed by atoms with E-state index in [-0.39, 0.29) is 0 Å². The maximum absolute atomic E-state index is 5.82. The SMILES string of the molecule is Clc1ccc(CC=C=Cc2ccccc2)cc1. The fourth-order valence-electron chi connectivity index (χ4n) is 1.50. The number of allylic oxidation sites excluding steroid dienone is 1. The maximum Gasteiger partial charge on any atom is 0.0406 e. The molecule has 0 saturated heterocycles. The van der Waals surface area contributed by atoms with Crippen molar-refractivity contribution in [2.75, 3.05) is 0 Å². The van der Waals surface area contributed by atoms with E-state index in [0.29, 0.717) is 0 Å². The van der Waals surface area contributed by atoms with Crippen molar-refractivity contribution in [3.05, 3.63) is 82.6 Å². The van der Waals surface area contributed by atoms with Crippen LogP contribution in [0.15, 0.2) is 66.4 Å². The second-order valence-electron chi connectivity index (χ2n) is 3.76. The molecule has 1 heteroatoms. The first-order valence-electron chi connectivity index (χ1n) is 5.55. The molecule has 17 heavy (non-hydrogen) atoms. The number of hydrogen-bond acceptors (Lipinski definition) is 0. The van der Waals surface area contributed by atoms with Gasteiger partial charge in [-0.3, -0.25) is 0 Å². The highest BCUT2D eigenvalue weighted by Gasteiger charge is 1.88. The van der Waals surface area contributed by atoms with Gasteiger partial charge in [-0.2, -0.15) is 0 Å². The summed E-state index contributed by atoms with van der Waals surface area (Å²) >= 11 is 5.82. The van der Waals surface area contributed by atoms with Crippen molar-refractivity contribution >= 4 is 17.7 Å². The Hall–Kier alpha value is -1.75. The Balaban J connectivity index is 1.98. The molecule has 0 radical (unpaired) electrons. The van der Waals surface area contributed by atoms with Crippen LogP contribution < -0.4 is 0 Å². The molecule has 84 valence electrons. The molecular weight excluding hydrogens is 228 g/mol. The van der Waals surface area contributed by atoms with Gasteiger partial charge in [0.05, 0.1) is 0 Å². The minimum atomic E-state index is 0.776. The second-order valence-corrected chi connectivity index (χ2v) is 4.19.